The molecule has 3 atom stereocenters. The van der Waals surface area contributed by atoms with Gasteiger partial charge in [-0.2, -0.15) is 0 Å². The number of esters is 1. The summed E-state index contributed by atoms with van der Waals surface area (Å²) in [4.78, 5) is 14.2. The second-order valence-corrected chi connectivity index (χ2v) is 8.82. The number of hydrogen-bond donors (Lipinski definition) is 1. The van der Waals surface area contributed by atoms with Crippen LogP contribution in [-0.4, -0.2) is 43.8 Å². The summed E-state index contributed by atoms with van der Waals surface area (Å²) in [5.41, 5.74) is -0.411. The van der Waals surface area contributed by atoms with Gasteiger partial charge in [0.15, 0.2) is 11.5 Å². The van der Waals surface area contributed by atoms with E-state index in [1.54, 1.807) is 44.2 Å². The molecule has 2 aromatic rings. The minimum absolute atomic E-state index is 0.299. The maximum Gasteiger partial charge on any atom is 0.321 e. The molecule has 0 radical (unpaired) electrons. The molecule has 0 spiro atoms. The summed E-state index contributed by atoms with van der Waals surface area (Å²) in [5, 5.41) is 10.2. The molecule has 0 saturated carbocycles. The van der Waals surface area contributed by atoms with Crippen molar-refractivity contribution in [2.45, 2.75) is 28.1 Å². The van der Waals surface area contributed by atoms with Gasteiger partial charge in [0, 0.05) is 14.6 Å². The van der Waals surface area contributed by atoms with Crippen LogP contribution in [0.15, 0.2) is 64.0 Å². The Balaban J connectivity index is 2.19. The molecule has 2 aromatic carbocycles. The fourth-order valence-electron chi connectivity index (χ4n) is 3.55. The monoisotopic (exact) mass is 478 g/mol. The topological polar surface area (TPSA) is 65.0 Å². The van der Waals surface area contributed by atoms with E-state index < -0.39 is 17.5 Å². The first-order chi connectivity index (χ1) is 14.0. The Labute approximate surface area is 183 Å². The maximum atomic E-state index is 13.2. The summed E-state index contributed by atoms with van der Waals surface area (Å²) in [6.45, 7) is 0. The Kier molecular flexibility index (Phi) is 6.93. The molecule has 1 N–H and O–H groups in total. The maximum absolute atomic E-state index is 13.2. The van der Waals surface area contributed by atoms with Crippen LogP contribution < -0.4 is 9.47 Å². The van der Waals surface area contributed by atoms with Gasteiger partial charge in [-0.1, -0.05) is 40.2 Å². The van der Waals surface area contributed by atoms with Crippen LogP contribution >= 0.6 is 27.7 Å². The van der Waals surface area contributed by atoms with Crippen LogP contribution in [-0.2, 0) is 14.9 Å². The lowest BCUT2D eigenvalue weighted by Crippen LogP contribution is -2.48. The Morgan fingerprint density at radius 3 is 2.41 bits per heavy atom. The molecule has 7 heteroatoms. The number of aliphatic hydroxyl groups excluding tert-OH is 1. The van der Waals surface area contributed by atoms with E-state index in [2.05, 4.69) is 15.9 Å². The first-order valence-corrected chi connectivity index (χ1v) is 10.7. The lowest BCUT2D eigenvalue weighted by Gasteiger charge is -2.41. The quantitative estimate of drug-likeness (QED) is 0.623. The summed E-state index contributed by atoms with van der Waals surface area (Å²) in [7, 11) is 4.50. The summed E-state index contributed by atoms with van der Waals surface area (Å²) in [6.07, 6.45) is 1.43. The third-order valence-corrected chi connectivity index (χ3v) is 7.19. The molecule has 29 heavy (non-hydrogen) atoms. The SMILES string of the molecule is COC(=O)[C@@]1(c2ccc(OC)c(OC)c2)C=C(Br)[C@@H](O)C[C@@H]1Sc1ccccc1. The van der Waals surface area contributed by atoms with E-state index in [4.69, 9.17) is 14.2 Å². The molecule has 154 valence electrons. The van der Waals surface area contributed by atoms with Crippen LogP contribution in [0.25, 0.3) is 0 Å². The van der Waals surface area contributed by atoms with Gasteiger partial charge < -0.3 is 19.3 Å². The molecule has 0 bridgehead atoms. The van der Waals surface area contributed by atoms with Crippen LogP contribution in [0.4, 0.5) is 0 Å². The molecule has 3 rings (SSSR count). The number of methoxy groups -OCH3 is 3. The van der Waals surface area contributed by atoms with Crippen LogP contribution in [0.2, 0.25) is 0 Å². The van der Waals surface area contributed by atoms with Gasteiger partial charge in [-0.05, 0) is 42.3 Å². The predicted molar refractivity (Wildman–Crippen MR) is 117 cm³/mol. The standard InChI is InChI=1S/C22H23BrO5S/c1-26-18-10-9-14(11-19(18)27-2)22(21(25)28-3)13-16(23)17(24)12-20(22)29-15-7-5-4-6-8-15/h4-11,13,17,20,24H,12H2,1-3H3/t17-,20-,22+/m0/s1. The highest BCUT2D eigenvalue weighted by Crippen LogP contribution is 2.49. The average Bonchev–Trinajstić information content (AvgIpc) is 2.75. The summed E-state index contributed by atoms with van der Waals surface area (Å²) < 4.78 is 16.6. The number of thioether (sulfide) groups is 1. The number of aliphatic hydroxyl groups is 1. The van der Waals surface area contributed by atoms with Gasteiger partial charge in [0.2, 0.25) is 0 Å². The Morgan fingerprint density at radius 1 is 1.10 bits per heavy atom. The fourth-order valence-corrected chi connectivity index (χ4v) is 5.51. The third kappa shape index (κ3) is 4.17. The second kappa shape index (κ2) is 9.24. The Hall–Kier alpha value is -1.96. The van der Waals surface area contributed by atoms with E-state index in [-0.39, 0.29) is 5.25 Å². The number of halogens is 1. The van der Waals surface area contributed by atoms with E-state index in [1.165, 1.54) is 7.11 Å². The van der Waals surface area contributed by atoms with Crippen molar-refractivity contribution in [3.63, 3.8) is 0 Å². The molecule has 0 heterocycles. The first kappa shape index (κ1) is 21.7. The van der Waals surface area contributed by atoms with Gasteiger partial charge >= 0.3 is 5.97 Å². The van der Waals surface area contributed by atoms with Crippen molar-refractivity contribution in [1.29, 1.82) is 0 Å². The Morgan fingerprint density at radius 2 is 1.79 bits per heavy atom. The second-order valence-electron chi connectivity index (χ2n) is 6.63. The molecule has 0 aromatic heterocycles. The summed E-state index contributed by atoms with van der Waals surface area (Å²) in [6, 6.07) is 15.2. The van der Waals surface area contributed by atoms with Crippen molar-refractivity contribution in [3.8, 4) is 11.5 Å². The third-order valence-electron chi connectivity index (χ3n) is 5.04. The van der Waals surface area contributed by atoms with Crippen molar-refractivity contribution in [1.82, 2.24) is 0 Å². The predicted octanol–water partition coefficient (Wildman–Crippen LogP) is 4.32. The number of benzene rings is 2. The normalized spacial score (nSPS) is 23.8. The van der Waals surface area contributed by atoms with Crippen LogP contribution in [0, 0.1) is 0 Å². The van der Waals surface area contributed by atoms with Gasteiger partial charge in [0.1, 0.15) is 5.41 Å². The molecule has 1 aliphatic carbocycles. The zero-order valence-corrected chi connectivity index (χ0v) is 18.8. The molecule has 0 saturated heterocycles. The highest BCUT2D eigenvalue weighted by atomic mass is 79.9. The highest BCUT2D eigenvalue weighted by Gasteiger charge is 2.51. The Bertz CT molecular complexity index is 901. The lowest BCUT2D eigenvalue weighted by molar-refractivity contribution is -0.146. The summed E-state index contributed by atoms with van der Waals surface area (Å²) in [5.74, 6) is 0.691. The summed E-state index contributed by atoms with van der Waals surface area (Å²) >= 11 is 4.98. The minimum atomic E-state index is -1.12. The van der Waals surface area contributed by atoms with Crippen LogP contribution in [0.1, 0.15) is 12.0 Å². The molecular weight excluding hydrogens is 456 g/mol. The fraction of sp³-hybridized carbons (Fsp3) is 0.318. The number of ether oxygens (including phenoxy) is 3. The molecule has 0 unspecified atom stereocenters. The lowest BCUT2D eigenvalue weighted by atomic mass is 9.72. The molecule has 0 fully saturated rings. The minimum Gasteiger partial charge on any atom is -0.493 e. The van der Waals surface area contributed by atoms with E-state index >= 15 is 0 Å². The van der Waals surface area contributed by atoms with Crippen molar-refractivity contribution in [2.24, 2.45) is 0 Å². The van der Waals surface area contributed by atoms with Gasteiger partial charge in [-0.15, -0.1) is 11.8 Å². The highest BCUT2D eigenvalue weighted by molar-refractivity contribution is 9.11. The molecule has 0 aliphatic heterocycles. The number of carbonyl (C=O) groups excluding carboxylic acids is 1. The first-order valence-electron chi connectivity index (χ1n) is 9.05. The van der Waals surface area contributed by atoms with Gasteiger partial charge in [-0.3, -0.25) is 4.79 Å². The van der Waals surface area contributed by atoms with Crippen molar-refractivity contribution in [2.75, 3.05) is 21.3 Å². The molecular formula is C22H23BrO5S. The number of hydrogen-bond acceptors (Lipinski definition) is 6. The molecule has 1 aliphatic rings. The van der Waals surface area contributed by atoms with Gasteiger partial charge in [-0.25, -0.2) is 0 Å². The van der Waals surface area contributed by atoms with E-state index in [0.29, 0.717) is 28.0 Å². The smallest absolute Gasteiger partial charge is 0.321 e. The van der Waals surface area contributed by atoms with E-state index in [9.17, 15) is 9.90 Å². The molecule has 0 amide bonds. The van der Waals surface area contributed by atoms with E-state index in [1.807, 2.05) is 36.4 Å². The molecule has 5 nitrogen and oxygen atoms in total. The number of carbonyl (C=O) groups is 1. The van der Waals surface area contributed by atoms with Crippen molar-refractivity contribution < 1.29 is 24.1 Å². The zero-order valence-electron chi connectivity index (χ0n) is 16.4. The van der Waals surface area contributed by atoms with Crippen molar-refractivity contribution in [3.05, 3.63) is 64.7 Å². The van der Waals surface area contributed by atoms with Gasteiger partial charge in [0.25, 0.3) is 0 Å². The van der Waals surface area contributed by atoms with Crippen LogP contribution in [0.3, 0.4) is 0 Å². The average molecular weight is 479 g/mol. The zero-order chi connectivity index (χ0) is 21.0. The van der Waals surface area contributed by atoms with Crippen molar-refractivity contribution >= 4 is 33.7 Å². The number of rotatable bonds is 6. The largest absolute Gasteiger partial charge is 0.493 e. The van der Waals surface area contributed by atoms with E-state index in [0.717, 1.165) is 4.90 Å². The van der Waals surface area contributed by atoms with Crippen LogP contribution in [0.5, 0.6) is 11.5 Å². The van der Waals surface area contributed by atoms with Gasteiger partial charge in [0.05, 0.1) is 27.4 Å².